The Kier molecular flexibility index (Phi) is 6.37. The maximum absolute atomic E-state index is 4.95. The lowest BCUT2D eigenvalue weighted by atomic mass is 10.0. The Labute approximate surface area is 162 Å². The van der Waals surface area contributed by atoms with E-state index in [0.717, 1.165) is 47.8 Å². The van der Waals surface area contributed by atoms with Crippen LogP contribution in [-0.2, 0) is 6.42 Å². The first kappa shape index (κ1) is 18.8. The third kappa shape index (κ3) is 4.43. The molecule has 1 heterocycles. The Morgan fingerprint density at radius 3 is 1.93 bits per heavy atom. The van der Waals surface area contributed by atoms with Gasteiger partial charge in [-0.1, -0.05) is 67.6 Å². The van der Waals surface area contributed by atoms with Crippen LogP contribution in [0.2, 0.25) is 0 Å². The summed E-state index contributed by atoms with van der Waals surface area (Å²) < 4.78 is 0. The first-order chi connectivity index (χ1) is 13.3. The van der Waals surface area contributed by atoms with Gasteiger partial charge in [-0.2, -0.15) is 0 Å². The van der Waals surface area contributed by atoms with Gasteiger partial charge in [0.25, 0.3) is 0 Å². The van der Waals surface area contributed by atoms with E-state index in [-0.39, 0.29) is 0 Å². The van der Waals surface area contributed by atoms with Crippen LogP contribution in [0.25, 0.3) is 28.7 Å². The summed E-state index contributed by atoms with van der Waals surface area (Å²) in [6, 6.07) is 20.6. The predicted molar refractivity (Wildman–Crippen MR) is 114 cm³/mol. The first-order valence-electron chi connectivity index (χ1n) is 9.70. The molecule has 27 heavy (non-hydrogen) atoms. The average molecular weight is 358 g/mol. The standard InChI is InChI=1S/C24H27N3/c1-4-21-22(17-18-27(5-2)6-3)25-24(20-15-11-8-12-16-20)26-23(21)19-13-9-7-10-14-19/h7-18H,4-6H2,1-3H3/b18-17+. The lowest BCUT2D eigenvalue weighted by Gasteiger charge is -2.16. The Morgan fingerprint density at radius 1 is 0.778 bits per heavy atom. The van der Waals surface area contributed by atoms with Crippen molar-refractivity contribution in [3.8, 4) is 22.6 Å². The monoisotopic (exact) mass is 357 g/mol. The molecule has 3 aromatic rings. The molecule has 0 atom stereocenters. The van der Waals surface area contributed by atoms with Crippen LogP contribution in [0, 0.1) is 0 Å². The van der Waals surface area contributed by atoms with Crippen LogP contribution in [0.3, 0.4) is 0 Å². The van der Waals surface area contributed by atoms with Gasteiger partial charge in [0.15, 0.2) is 5.82 Å². The Hall–Kier alpha value is -2.94. The van der Waals surface area contributed by atoms with Crippen LogP contribution in [0.15, 0.2) is 66.9 Å². The molecule has 2 aromatic carbocycles. The van der Waals surface area contributed by atoms with E-state index in [0.29, 0.717) is 0 Å². The Bertz CT molecular complexity index is 882. The zero-order chi connectivity index (χ0) is 19.1. The summed E-state index contributed by atoms with van der Waals surface area (Å²) in [4.78, 5) is 12.1. The van der Waals surface area contributed by atoms with E-state index >= 15 is 0 Å². The first-order valence-corrected chi connectivity index (χ1v) is 9.70. The highest BCUT2D eigenvalue weighted by Gasteiger charge is 2.14. The molecule has 0 aliphatic carbocycles. The van der Waals surface area contributed by atoms with Crippen LogP contribution in [-0.4, -0.2) is 28.0 Å². The van der Waals surface area contributed by atoms with Crippen molar-refractivity contribution in [1.82, 2.24) is 14.9 Å². The largest absolute Gasteiger partial charge is 0.378 e. The lowest BCUT2D eigenvalue weighted by Crippen LogP contribution is -2.15. The molecule has 138 valence electrons. The number of nitrogens with zero attached hydrogens (tertiary/aromatic N) is 3. The van der Waals surface area contributed by atoms with Crippen LogP contribution < -0.4 is 0 Å². The number of aromatic nitrogens is 2. The molecule has 0 radical (unpaired) electrons. The molecule has 0 saturated heterocycles. The Morgan fingerprint density at radius 2 is 1.37 bits per heavy atom. The number of benzene rings is 2. The topological polar surface area (TPSA) is 29.0 Å². The second-order valence-electron chi connectivity index (χ2n) is 6.38. The minimum Gasteiger partial charge on any atom is -0.378 e. The van der Waals surface area contributed by atoms with E-state index in [1.165, 1.54) is 5.56 Å². The highest BCUT2D eigenvalue weighted by Crippen LogP contribution is 2.28. The van der Waals surface area contributed by atoms with Crippen molar-refractivity contribution in [3.63, 3.8) is 0 Å². The molecule has 0 unspecified atom stereocenters. The van der Waals surface area contributed by atoms with Crippen LogP contribution in [0.1, 0.15) is 32.0 Å². The van der Waals surface area contributed by atoms with Gasteiger partial charge in [0, 0.05) is 36.0 Å². The van der Waals surface area contributed by atoms with Crippen molar-refractivity contribution < 1.29 is 0 Å². The van der Waals surface area contributed by atoms with Crippen LogP contribution in [0.4, 0.5) is 0 Å². The normalized spacial score (nSPS) is 11.1. The third-order valence-electron chi connectivity index (χ3n) is 4.73. The van der Waals surface area contributed by atoms with E-state index < -0.39 is 0 Å². The highest BCUT2D eigenvalue weighted by atomic mass is 15.1. The molecule has 0 bridgehead atoms. The fraction of sp³-hybridized carbons (Fsp3) is 0.250. The molecule has 3 nitrogen and oxygen atoms in total. The van der Waals surface area contributed by atoms with Crippen molar-refractivity contribution >= 4 is 6.08 Å². The van der Waals surface area contributed by atoms with Crippen LogP contribution in [0.5, 0.6) is 0 Å². The van der Waals surface area contributed by atoms with Crippen molar-refractivity contribution in [2.75, 3.05) is 13.1 Å². The summed E-state index contributed by atoms with van der Waals surface area (Å²) in [5, 5.41) is 0. The van der Waals surface area contributed by atoms with Crippen molar-refractivity contribution in [2.45, 2.75) is 27.2 Å². The van der Waals surface area contributed by atoms with Crippen molar-refractivity contribution in [2.24, 2.45) is 0 Å². The molecule has 3 rings (SSSR count). The average Bonchev–Trinajstić information content (AvgIpc) is 2.75. The predicted octanol–water partition coefficient (Wildman–Crippen LogP) is 5.69. The summed E-state index contributed by atoms with van der Waals surface area (Å²) in [5.74, 6) is 0.769. The second-order valence-corrected chi connectivity index (χ2v) is 6.38. The van der Waals surface area contributed by atoms with Gasteiger partial charge in [0.1, 0.15) is 0 Å². The molecule has 0 aliphatic heterocycles. The maximum atomic E-state index is 4.95. The maximum Gasteiger partial charge on any atom is 0.160 e. The molecule has 0 N–H and O–H groups in total. The van der Waals surface area contributed by atoms with E-state index in [9.17, 15) is 0 Å². The quantitative estimate of drug-likeness (QED) is 0.544. The van der Waals surface area contributed by atoms with Gasteiger partial charge < -0.3 is 4.90 Å². The van der Waals surface area contributed by atoms with Crippen molar-refractivity contribution in [1.29, 1.82) is 0 Å². The second kappa shape index (κ2) is 9.13. The molecule has 0 spiro atoms. The minimum absolute atomic E-state index is 0.769. The van der Waals surface area contributed by atoms with Gasteiger partial charge in [-0.25, -0.2) is 9.97 Å². The summed E-state index contributed by atoms with van der Waals surface area (Å²) in [5.41, 5.74) is 5.37. The van der Waals surface area contributed by atoms with Gasteiger partial charge in [0.05, 0.1) is 11.4 Å². The summed E-state index contributed by atoms with van der Waals surface area (Å²) in [7, 11) is 0. The molecular weight excluding hydrogens is 330 g/mol. The fourth-order valence-electron chi connectivity index (χ4n) is 3.15. The van der Waals surface area contributed by atoms with E-state index in [1.54, 1.807) is 0 Å². The molecule has 0 saturated carbocycles. The molecule has 3 heteroatoms. The SMILES string of the molecule is CCc1c(/C=C/N(CC)CC)nc(-c2ccccc2)nc1-c1ccccc1. The van der Waals surface area contributed by atoms with Gasteiger partial charge in [0.2, 0.25) is 0 Å². The van der Waals surface area contributed by atoms with E-state index in [2.05, 4.69) is 74.3 Å². The number of hydrogen-bond acceptors (Lipinski definition) is 3. The molecule has 0 aliphatic rings. The minimum atomic E-state index is 0.769. The van der Waals surface area contributed by atoms with Gasteiger partial charge in [-0.15, -0.1) is 0 Å². The lowest BCUT2D eigenvalue weighted by molar-refractivity contribution is 0.421. The zero-order valence-corrected chi connectivity index (χ0v) is 16.4. The van der Waals surface area contributed by atoms with Gasteiger partial charge in [-0.05, 0) is 26.3 Å². The highest BCUT2D eigenvalue weighted by molar-refractivity contribution is 5.71. The van der Waals surface area contributed by atoms with E-state index in [1.807, 2.05) is 24.3 Å². The number of rotatable bonds is 7. The Balaban J connectivity index is 2.18. The summed E-state index contributed by atoms with van der Waals surface area (Å²) in [6.07, 6.45) is 5.16. The van der Waals surface area contributed by atoms with Gasteiger partial charge >= 0.3 is 0 Å². The third-order valence-corrected chi connectivity index (χ3v) is 4.73. The molecular formula is C24H27N3. The molecule has 0 amide bonds. The van der Waals surface area contributed by atoms with E-state index in [4.69, 9.17) is 9.97 Å². The van der Waals surface area contributed by atoms with Gasteiger partial charge in [-0.3, -0.25) is 0 Å². The summed E-state index contributed by atoms with van der Waals surface area (Å²) >= 11 is 0. The number of hydrogen-bond donors (Lipinski definition) is 0. The molecule has 0 fully saturated rings. The van der Waals surface area contributed by atoms with Crippen molar-refractivity contribution in [3.05, 3.63) is 78.1 Å². The summed E-state index contributed by atoms with van der Waals surface area (Å²) in [6.45, 7) is 8.47. The smallest absolute Gasteiger partial charge is 0.160 e. The van der Waals surface area contributed by atoms with Crippen LogP contribution >= 0.6 is 0 Å². The molecule has 1 aromatic heterocycles. The zero-order valence-electron chi connectivity index (χ0n) is 16.4. The fourth-order valence-corrected chi connectivity index (χ4v) is 3.15.